The second-order valence-electron chi connectivity index (χ2n) is 7.22. The van der Waals surface area contributed by atoms with Gasteiger partial charge in [-0.3, -0.25) is 5.43 Å². The maximum Gasteiger partial charge on any atom is 0.387 e. The number of thiocarbonyl (C=S) groups is 1. The second-order valence-corrected chi connectivity index (χ2v) is 9.57. The zero-order valence-electron chi connectivity index (χ0n) is 18.8. The summed E-state index contributed by atoms with van der Waals surface area (Å²) in [7, 11) is -3.64. The van der Waals surface area contributed by atoms with Crippen LogP contribution in [0.25, 0.3) is 0 Å². The lowest BCUT2D eigenvalue weighted by atomic mass is 10.1. The van der Waals surface area contributed by atoms with Crippen LogP contribution in [0.3, 0.4) is 0 Å². The number of ether oxygens (including phenoxy) is 3. The number of sulfonamides is 1. The number of hydrogen-bond acceptors (Lipinski definition) is 7. The smallest absolute Gasteiger partial charge is 0.387 e. The Bertz CT molecular complexity index is 1190. The standard InChI is InChI=1S/C21H22F4N4O5S2/c1-13(17-7-4-15(33-19(22)23)12-18(17)34-20(24)25)27-28-21(35)26-14-2-5-16(6-3-14)36(30,31)29-8-10-32-11-9-29/h2-7,12,19-20H,8-11H2,1H3,(H2,26,28,35)/b27-13-. The van der Waals surface area contributed by atoms with Crippen LogP contribution >= 0.6 is 12.2 Å². The summed E-state index contributed by atoms with van der Waals surface area (Å²) < 4.78 is 90.9. The highest BCUT2D eigenvalue weighted by Crippen LogP contribution is 2.28. The molecule has 196 valence electrons. The van der Waals surface area contributed by atoms with E-state index in [0.29, 0.717) is 18.9 Å². The molecule has 15 heteroatoms. The van der Waals surface area contributed by atoms with E-state index in [4.69, 9.17) is 17.0 Å². The van der Waals surface area contributed by atoms with Gasteiger partial charge in [0.05, 0.1) is 23.8 Å². The van der Waals surface area contributed by atoms with Crippen molar-refractivity contribution in [1.29, 1.82) is 0 Å². The maximum atomic E-state index is 12.8. The average molecular weight is 551 g/mol. The van der Waals surface area contributed by atoms with Crippen molar-refractivity contribution < 1.29 is 40.2 Å². The Labute approximate surface area is 210 Å². The summed E-state index contributed by atoms with van der Waals surface area (Å²) in [5.41, 5.74) is 3.24. The fourth-order valence-electron chi connectivity index (χ4n) is 3.17. The summed E-state index contributed by atoms with van der Waals surface area (Å²) in [5, 5.41) is 6.84. The number of nitrogens with one attached hydrogen (secondary N) is 2. The van der Waals surface area contributed by atoms with Gasteiger partial charge < -0.3 is 19.5 Å². The fourth-order valence-corrected chi connectivity index (χ4v) is 4.74. The van der Waals surface area contributed by atoms with Gasteiger partial charge in [0.2, 0.25) is 10.0 Å². The predicted molar refractivity (Wildman–Crippen MR) is 127 cm³/mol. The number of rotatable bonds is 9. The number of nitrogens with zero attached hydrogens (tertiary/aromatic N) is 2. The second kappa shape index (κ2) is 12.3. The van der Waals surface area contributed by atoms with E-state index < -0.39 is 29.0 Å². The van der Waals surface area contributed by atoms with Gasteiger partial charge in [0.1, 0.15) is 11.5 Å². The molecular weight excluding hydrogens is 528 g/mol. The van der Waals surface area contributed by atoms with E-state index in [-0.39, 0.29) is 40.1 Å². The molecule has 1 aliphatic rings. The SMILES string of the molecule is C/C(=N/NC(=S)Nc1ccc(S(=O)(=O)N2CCOCC2)cc1)c1ccc(OC(F)F)cc1OC(F)F. The van der Waals surface area contributed by atoms with Crippen LogP contribution in [0, 0.1) is 0 Å². The van der Waals surface area contributed by atoms with E-state index in [1.807, 2.05) is 0 Å². The van der Waals surface area contributed by atoms with Gasteiger partial charge in [-0.25, -0.2) is 8.42 Å². The molecule has 3 rings (SSSR count). The topological polar surface area (TPSA) is 101 Å². The first kappa shape index (κ1) is 27.6. The van der Waals surface area contributed by atoms with Crippen molar-refractivity contribution >= 4 is 38.8 Å². The first-order valence-electron chi connectivity index (χ1n) is 10.4. The zero-order valence-corrected chi connectivity index (χ0v) is 20.4. The summed E-state index contributed by atoms with van der Waals surface area (Å²) in [5.74, 6) is -0.774. The quantitative estimate of drug-likeness (QED) is 0.211. The van der Waals surface area contributed by atoms with E-state index in [1.54, 1.807) is 0 Å². The highest BCUT2D eigenvalue weighted by Gasteiger charge is 2.26. The molecule has 1 aliphatic heterocycles. The molecule has 2 N–H and O–H groups in total. The molecule has 0 atom stereocenters. The molecule has 0 unspecified atom stereocenters. The number of benzene rings is 2. The van der Waals surface area contributed by atoms with Gasteiger partial charge in [-0.2, -0.15) is 27.0 Å². The van der Waals surface area contributed by atoms with Gasteiger partial charge in [-0.15, -0.1) is 0 Å². The largest absolute Gasteiger partial charge is 0.435 e. The van der Waals surface area contributed by atoms with Crippen LogP contribution in [0.4, 0.5) is 23.2 Å². The van der Waals surface area contributed by atoms with E-state index in [2.05, 4.69) is 25.3 Å². The molecule has 0 bridgehead atoms. The third kappa shape index (κ3) is 7.49. The minimum Gasteiger partial charge on any atom is -0.435 e. The summed E-state index contributed by atoms with van der Waals surface area (Å²) in [6.07, 6.45) is 0. The third-order valence-corrected chi connectivity index (χ3v) is 6.94. The number of anilines is 1. The molecule has 1 saturated heterocycles. The van der Waals surface area contributed by atoms with E-state index in [0.717, 1.165) is 12.1 Å². The molecule has 9 nitrogen and oxygen atoms in total. The van der Waals surface area contributed by atoms with Crippen molar-refractivity contribution in [3.05, 3.63) is 48.0 Å². The Balaban J connectivity index is 1.65. The minimum atomic E-state index is -3.64. The summed E-state index contributed by atoms with van der Waals surface area (Å²) in [4.78, 5) is 0.119. The van der Waals surface area contributed by atoms with Gasteiger partial charge in [0, 0.05) is 30.4 Å². The molecule has 2 aromatic carbocycles. The van der Waals surface area contributed by atoms with Crippen LogP contribution in [-0.4, -0.2) is 63.1 Å². The van der Waals surface area contributed by atoms with Crippen LogP contribution in [0.5, 0.6) is 11.5 Å². The van der Waals surface area contributed by atoms with Crippen LogP contribution in [0.1, 0.15) is 12.5 Å². The number of hydrogen-bond donors (Lipinski definition) is 2. The Morgan fingerprint density at radius 1 is 1.06 bits per heavy atom. The molecular formula is C21H22F4N4O5S2. The highest BCUT2D eigenvalue weighted by atomic mass is 32.2. The molecule has 1 fully saturated rings. The van der Waals surface area contributed by atoms with Gasteiger partial charge in [0.25, 0.3) is 0 Å². The van der Waals surface area contributed by atoms with Crippen LogP contribution in [0.2, 0.25) is 0 Å². The molecule has 0 aliphatic carbocycles. The van der Waals surface area contributed by atoms with Crippen molar-refractivity contribution in [3.8, 4) is 11.5 Å². The van der Waals surface area contributed by atoms with E-state index in [1.165, 1.54) is 41.6 Å². The van der Waals surface area contributed by atoms with Gasteiger partial charge in [-0.05, 0) is 55.5 Å². The fraction of sp³-hybridized carbons (Fsp3) is 0.333. The lowest BCUT2D eigenvalue weighted by Crippen LogP contribution is -2.40. The number of morpholine rings is 1. The Morgan fingerprint density at radius 2 is 1.69 bits per heavy atom. The van der Waals surface area contributed by atoms with Gasteiger partial charge in [0.15, 0.2) is 5.11 Å². The Kier molecular flexibility index (Phi) is 9.42. The van der Waals surface area contributed by atoms with Crippen LogP contribution in [-0.2, 0) is 14.8 Å². The number of halogens is 4. The normalized spacial score (nSPS) is 15.1. The lowest BCUT2D eigenvalue weighted by Gasteiger charge is -2.26. The average Bonchev–Trinajstić information content (AvgIpc) is 2.83. The molecule has 0 saturated carbocycles. The summed E-state index contributed by atoms with van der Waals surface area (Å²) >= 11 is 5.16. The van der Waals surface area contributed by atoms with E-state index in [9.17, 15) is 26.0 Å². The van der Waals surface area contributed by atoms with Crippen molar-refractivity contribution in [2.24, 2.45) is 5.10 Å². The van der Waals surface area contributed by atoms with Gasteiger partial charge in [-0.1, -0.05) is 0 Å². The zero-order chi connectivity index (χ0) is 26.3. The summed E-state index contributed by atoms with van der Waals surface area (Å²) in [6.45, 7) is -3.65. The molecule has 0 radical (unpaired) electrons. The minimum absolute atomic E-state index is 0.0205. The highest BCUT2D eigenvalue weighted by molar-refractivity contribution is 7.89. The molecule has 0 aromatic heterocycles. The Hall–Kier alpha value is -3.01. The number of hydrazone groups is 1. The summed E-state index contributed by atoms with van der Waals surface area (Å²) in [6, 6.07) is 9.20. The molecule has 0 amide bonds. The van der Waals surface area contributed by atoms with Crippen molar-refractivity contribution in [2.45, 2.75) is 25.0 Å². The first-order chi connectivity index (χ1) is 17.1. The first-order valence-corrected chi connectivity index (χ1v) is 12.2. The number of alkyl halides is 4. The van der Waals surface area contributed by atoms with Gasteiger partial charge >= 0.3 is 13.2 Å². The van der Waals surface area contributed by atoms with Crippen LogP contribution < -0.4 is 20.2 Å². The van der Waals surface area contributed by atoms with Crippen molar-refractivity contribution in [3.63, 3.8) is 0 Å². The Morgan fingerprint density at radius 3 is 2.31 bits per heavy atom. The molecule has 2 aromatic rings. The lowest BCUT2D eigenvalue weighted by molar-refractivity contribution is -0.0543. The predicted octanol–water partition coefficient (Wildman–Crippen LogP) is 3.62. The molecule has 0 spiro atoms. The van der Waals surface area contributed by atoms with Crippen molar-refractivity contribution in [2.75, 3.05) is 31.6 Å². The molecule has 36 heavy (non-hydrogen) atoms. The maximum absolute atomic E-state index is 12.8. The van der Waals surface area contributed by atoms with Crippen LogP contribution in [0.15, 0.2) is 52.5 Å². The molecule has 1 heterocycles. The van der Waals surface area contributed by atoms with E-state index >= 15 is 0 Å². The third-order valence-electron chi connectivity index (χ3n) is 4.83. The van der Waals surface area contributed by atoms with Crippen molar-refractivity contribution in [1.82, 2.24) is 9.73 Å². The monoisotopic (exact) mass is 550 g/mol.